The van der Waals surface area contributed by atoms with Crippen molar-refractivity contribution in [1.82, 2.24) is 19.9 Å². The van der Waals surface area contributed by atoms with E-state index in [1.807, 2.05) is 0 Å². The predicted octanol–water partition coefficient (Wildman–Crippen LogP) is 7.30. The molecule has 1 aliphatic heterocycles. The Morgan fingerprint density at radius 1 is 0.625 bits per heavy atom. The standard InChI is InChI=1S/C50H44N4O2/c1-50-27-26-37-36-17-15-35(28-32(36)12-16-38(37)39(50)18-25-46(50)55)56-49-44-23-21-42(53-44)47(30-8-4-2-5-9-30)40-19-13-33(51-40)29-34-14-20-41(52-34)48(31-10-6-3-7-11-31)43-22-24-45(49)54-43/h2-11,13-15,17,19-24,28-29,37-39,51-54H,12,16,18,25-27H2,1H3/t37-,38-,39+,50+/m1/s1. The molecule has 2 saturated carbocycles. The number of fused-ring (bicyclic) bond motifs is 13. The highest BCUT2D eigenvalue weighted by Gasteiger charge is 2.54. The lowest BCUT2D eigenvalue weighted by molar-refractivity contribution is -0.129. The van der Waals surface area contributed by atoms with Crippen LogP contribution < -0.4 is 26.1 Å². The molecule has 4 aliphatic rings. The number of carbonyl (C=O) groups is 1. The van der Waals surface area contributed by atoms with E-state index in [9.17, 15) is 4.79 Å². The first-order valence-electron chi connectivity index (χ1n) is 20.2. The number of carbonyl (C=O) groups excluding carboxylic acids is 1. The van der Waals surface area contributed by atoms with Crippen LogP contribution in [0.2, 0.25) is 0 Å². The Labute approximate surface area is 325 Å². The number of Topliss-reactive ketones (excluding diaryl/α,β-unsaturated/α-hetero) is 1. The zero-order valence-corrected chi connectivity index (χ0v) is 31.5. The van der Waals surface area contributed by atoms with Gasteiger partial charge in [-0.05, 0) is 139 Å². The van der Waals surface area contributed by atoms with Crippen molar-refractivity contribution < 1.29 is 9.53 Å². The van der Waals surface area contributed by atoms with Gasteiger partial charge in [-0.1, -0.05) is 73.7 Å². The number of benzene rings is 3. The summed E-state index contributed by atoms with van der Waals surface area (Å²) in [5, 5.41) is 3.90. The van der Waals surface area contributed by atoms with Crippen molar-refractivity contribution in [3.05, 3.63) is 194 Å². The van der Waals surface area contributed by atoms with Gasteiger partial charge in [0.1, 0.15) is 11.5 Å². The van der Waals surface area contributed by atoms with Gasteiger partial charge in [0.05, 0.1) is 11.0 Å². The Bertz CT molecular complexity index is 2910. The van der Waals surface area contributed by atoms with Gasteiger partial charge in [0.15, 0.2) is 5.76 Å². The molecule has 0 spiro atoms. The smallest absolute Gasteiger partial charge is 0.174 e. The minimum Gasteiger partial charge on any atom is -0.453 e. The molecule has 3 aliphatic carbocycles. The van der Waals surface area contributed by atoms with Crippen LogP contribution in [0.5, 0.6) is 5.75 Å². The topological polar surface area (TPSA) is 89.5 Å². The van der Waals surface area contributed by atoms with Gasteiger partial charge in [0.2, 0.25) is 0 Å². The van der Waals surface area contributed by atoms with Crippen molar-refractivity contribution in [2.24, 2.45) is 17.3 Å². The minimum absolute atomic E-state index is 0.118. The summed E-state index contributed by atoms with van der Waals surface area (Å²) in [6, 6.07) is 45.0. The van der Waals surface area contributed by atoms with E-state index in [-0.39, 0.29) is 5.41 Å². The van der Waals surface area contributed by atoms with Crippen LogP contribution in [-0.4, -0.2) is 25.7 Å². The molecule has 4 N–H and O–H groups in total. The zero-order chi connectivity index (χ0) is 37.4. The monoisotopic (exact) mass is 732 g/mol. The number of ether oxygens (including phenoxy) is 1. The number of hydrogen-bond acceptors (Lipinski definition) is 2. The molecule has 5 heterocycles. The third-order valence-corrected chi connectivity index (χ3v) is 13.4. The number of nitrogens with one attached hydrogen (secondary N) is 4. The highest BCUT2D eigenvalue weighted by atomic mass is 16.5. The molecule has 6 nitrogen and oxygen atoms in total. The Morgan fingerprint density at radius 2 is 1.32 bits per heavy atom. The van der Waals surface area contributed by atoms with Gasteiger partial charge in [-0.3, -0.25) is 4.79 Å². The molecule has 8 bridgehead atoms. The number of rotatable bonds is 4. The van der Waals surface area contributed by atoms with Gasteiger partial charge in [0.25, 0.3) is 0 Å². The van der Waals surface area contributed by atoms with Gasteiger partial charge in [-0.25, -0.2) is 0 Å². The molecule has 2 fully saturated rings. The lowest BCUT2D eigenvalue weighted by atomic mass is 9.55. The summed E-state index contributed by atoms with van der Waals surface area (Å²) in [7, 11) is 0. The summed E-state index contributed by atoms with van der Waals surface area (Å²) < 4.78 is 7.07. The molecular weight excluding hydrogens is 689 g/mol. The average molecular weight is 733 g/mol. The molecular formula is C50H44N4O2. The fourth-order valence-electron chi connectivity index (χ4n) is 10.7. The Hall–Kier alpha value is -6.27. The molecule has 276 valence electrons. The van der Waals surface area contributed by atoms with E-state index >= 15 is 0 Å². The van der Waals surface area contributed by atoms with Gasteiger partial charge < -0.3 is 24.7 Å². The van der Waals surface area contributed by atoms with E-state index in [1.165, 1.54) is 11.1 Å². The van der Waals surface area contributed by atoms with E-state index in [4.69, 9.17) is 4.74 Å². The molecule has 0 radical (unpaired) electrons. The number of aromatic amines is 4. The first-order chi connectivity index (χ1) is 27.5. The summed E-state index contributed by atoms with van der Waals surface area (Å²) >= 11 is 0. The second-order valence-corrected chi connectivity index (χ2v) is 16.5. The Morgan fingerprint density at radius 3 is 2.12 bits per heavy atom. The van der Waals surface area contributed by atoms with Crippen molar-refractivity contribution in [2.75, 3.05) is 0 Å². The van der Waals surface area contributed by atoms with Gasteiger partial charge >= 0.3 is 0 Å². The maximum Gasteiger partial charge on any atom is 0.174 e. The summed E-state index contributed by atoms with van der Waals surface area (Å²) in [4.78, 5) is 27.9. The Balaban J connectivity index is 1.08. The van der Waals surface area contributed by atoms with Crippen LogP contribution in [0.25, 0.3) is 23.0 Å². The third kappa shape index (κ3) is 5.42. The molecule has 11 rings (SSSR count). The molecule has 3 aromatic carbocycles. The molecule has 0 amide bonds. The van der Waals surface area contributed by atoms with Crippen molar-refractivity contribution in [2.45, 2.75) is 51.4 Å². The fourth-order valence-corrected chi connectivity index (χ4v) is 10.7. The van der Waals surface area contributed by atoms with Gasteiger partial charge in [-0.2, -0.15) is 0 Å². The SMILES string of the molecule is C[C@]12CC[C@@H]3c4ccc(OC5=c6ccc([nH]6)=C(c6ccccc6)c6ccc([nH]6)C=c6ccc([nH]6)=C(c6ccccc6)c6ccc5[nH]6)cc4CC[C@H]3[C@@H]1CCC2=O. The summed E-state index contributed by atoms with van der Waals surface area (Å²) in [6.45, 7) is 2.25. The van der Waals surface area contributed by atoms with Gasteiger partial charge in [-0.15, -0.1) is 0 Å². The van der Waals surface area contributed by atoms with E-state index in [0.717, 1.165) is 116 Å². The van der Waals surface area contributed by atoms with Crippen LogP contribution in [0.4, 0.5) is 0 Å². The highest BCUT2D eigenvalue weighted by Crippen LogP contribution is 2.59. The van der Waals surface area contributed by atoms with E-state index < -0.39 is 0 Å². The maximum atomic E-state index is 13.0. The van der Waals surface area contributed by atoms with Crippen LogP contribution in [0.3, 0.4) is 0 Å². The first-order valence-corrected chi connectivity index (χ1v) is 20.2. The second kappa shape index (κ2) is 12.9. The van der Waals surface area contributed by atoms with Crippen molar-refractivity contribution in [1.29, 1.82) is 0 Å². The largest absolute Gasteiger partial charge is 0.453 e. The summed E-state index contributed by atoms with van der Waals surface area (Å²) in [5.41, 5.74) is 11.0. The zero-order valence-electron chi connectivity index (χ0n) is 31.5. The van der Waals surface area contributed by atoms with E-state index in [2.05, 4.69) is 160 Å². The summed E-state index contributed by atoms with van der Waals surface area (Å²) in [6.07, 6.45) is 8.23. The van der Waals surface area contributed by atoms with Crippen molar-refractivity contribution in [3.63, 3.8) is 0 Å². The molecule has 0 unspecified atom stereocenters. The Kier molecular flexibility index (Phi) is 7.63. The van der Waals surface area contributed by atoms with E-state index in [0.29, 0.717) is 23.5 Å². The van der Waals surface area contributed by atoms with Crippen LogP contribution in [-0.2, 0) is 11.2 Å². The second-order valence-electron chi connectivity index (χ2n) is 16.5. The molecule has 7 aromatic rings. The number of hydrogen-bond donors (Lipinski definition) is 4. The number of ketones is 1. The van der Waals surface area contributed by atoms with Crippen molar-refractivity contribution >= 4 is 28.8 Å². The molecule has 6 heteroatoms. The minimum atomic E-state index is -0.118. The van der Waals surface area contributed by atoms with Crippen molar-refractivity contribution in [3.8, 4) is 5.75 Å². The first kappa shape index (κ1) is 33.1. The maximum absolute atomic E-state index is 13.0. The predicted molar refractivity (Wildman–Crippen MR) is 221 cm³/mol. The highest BCUT2D eigenvalue weighted by molar-refractivity contribution is 5.87. The molecule has 4 atom stereocenters. The van der Waals surface area contributed by atoms with Crippen LogP contribution in [0, 0.1) is 17.3 Å². The lowest BCUT2D eigenvalue weighted by Gasteiger charge is -2.48. The third-order valence-electron chi connectivity index (χ3n) is 13.4. The summed E-state index contributed by atoms with van der Waals surface area (Å²) in [5.74, 6) is 3.67. The molecule has 0 saturated heterocycles. The lowest BCUT2D eigenvalue weighted by Crippen LogP contribution is -2.42. The van der Waals surface area contributed by atoms with Crippen LogP contribution in [0.15, 0.2) is 127 Å². The van der Waals surface area contributed by atoms with E-state index in [1.54, 1.807) is 0 Å². The van der Waals surface area contributed by atoms with Gasteiger partial charge in [0, 0.05) is 56.1 Å². The number of aryl methyl sites for hydroxylation is 1. The number of H-pyrrole nitrogens is 4. The normalized spacial score (nSPS) is 22.6. The quantitative estimate of drug-likeness (QED) is 0.153. The fraction of sp³-hybridized carbons (Fsp3) is 0.220. The van der Waals surface area contributed by atoms with Crippen LogP contribution >= 0.6 is 0 Å². The van der Waals surface area contributed by atoms with Crippen LogP contribution in [0.1, 0.15) is 90.0 Å². The molecule has 4 aromatic heterocycles. The number of aromatic nitrogens is 4. The average Bonchev–Trinajstić information content (AvgIpc) is 4.09. The molecule has 56 heavy (non-hydrogen) atoms.